The number of hydrogen-bond donors (Lipinski definition) is 2. The Labute approximate surface area is 106 Å². The third kappa shape index (κ3) is 2.60. The van der Waals surface area contributed by atoms with Crippen LogP contribution in [0.1, 0.15) is 23.7 Å². The van der Waals surface area contributed by atoms with Gasteiger partial charge in [-0.15, -0.1) is 0 Å². The number of primary amides is 1. The van der Waals surface area contributed by atoms with Gasteiger partial charge in [0, 0.05) is 24.0 Å². The van der Waals surface area contributed by atoms with Crippen molar-refractivity contribution < 1.29 is 4.79 Å². The molecule has 4 heteroatoms. The smallest absolute Gasteiger partial charge is 0.219 e. The first-order valence-corrected chi connectivity index (χ1v) is 5.86. The van der Waals surface area contributed by atoms with Crippen LogP contribution in [0.15, 0.2) is 42.6 Å². The van der Waals surface area contributed by atoms with Crippen molar-refractivity contribution in [2.75, 3.05) is 0 Å². The van der Waals surface area contributed by atoms with Gasteiger partial charge in [0.15, 0.2) is 0 Å². The Balaban J connectivity index is 2.32. The number of hydrogen-bond acceptors (Lipinski definition) is 2. The zero-order valence-corrected chi connectivity index (χ0v) is 10.3. The van der Waals surface area contributed by atoms with Gasteiger partial charge in [0.05, 0.1) is 6.04 Å². The van der Waals surface area contributed by atoms with E-state index >= 15 is 0 Å². The van der Waals surface area contributed by atoms with Crippen molar-refractivity contribution in [1.82, 2.24) is 4.57 Å². The maximum atomic E-state index is 10.9. The molecule has 0 saturated heterocycles. The molecule has 0 spiro atoms. The van der Waals surface area contributed by atoms with E-state index in [2.05, 4.69) is 0 Å². The summed E-state index contributed by atoms with van der Waals surface area (Å²) in [6.45, 7) is 2.04. The standard InChI is InChI=1S/C14H17N3O/c1-10-4-6-11(7-5-10)17-8-2-3-13(17)12(15)9-14(16)18/h2-8,12H,9,15H2,1H3,(H2,16,18). The zero-order chi connectivity index (χ0) is 13.1. The highest BCUT2D eigenvalue weighted by Gasteiger charge is 2.13. The van der Waals surface area contributed by atoms with Crippen LogP contribution in [-0.2, 0) is 4.79 Å². The molecule has 1 atom stereocenters. The molecule has 1 aromatic heterocycles. The van der Waals surface area contributed by atoms with Crippen LogP contribution in [0.3, 0.4) is 0 Å². The topological polar surface area (TPSA) is 74.0 Å². The minimum atomic E-state index is -0.390. The number of aryl methyl sites for hydroxylation is 1. The summed E-state index contributed by atoms with van der Waals surface area (Å²) in [5.41, 5.74) is 14.3. The van der Waals surface area contributed by atoms with Gasteiger partial charge in [-0.25, -0.2) is 0 Å². The first-order valence-electron chi connectivity index (χ1n) is 5.86. The molecule has 0 aliphatic carbocycles. The Morgan fingerprint density at radius 3 is 2.56 bits per heavy atom. The lowest BCUT2D eigenvalue weighted by atomic mass is 10.1. The third-order valence-electron chi connectivity index (χ3n) is 2.89. The van der Waals surface area contributed by atoms with Crippen LogP contribution in [0.4, 0.5) is 0 Å². The Bertz CT molecular complexity index is 542. The molecule has 0 fully saturated rings. The van der Waals surface area contributed by atoms with Crippen molar-refractivity contribution in [3.63, 3.8) is 0 Å². The summed E-state index contributed by atoms with van der Waals surface area (Å²) in [4.78, 5) is 10.9. The number of nitrogens with zero attached hydrogens (tertiary/aromatic N) is 1. The fourth-order valence-electron chi connectivity index (χ4n) is 1.96. The fourth-order valence-corrected chi connectivity index (χ4v) is 1.96. The molecule has 0 radical (unpaired) electrons. The van der Waals surface area contributed by atoms with Crippen LogP contribution in [-0.4, -0.2) is 10.5 Å². The van der Waals surface area contributed by atoms with Gasteiger partial charge in [0.2, 0.25) is 5.91 Å². The first kappa shape index (κ1) is 12.4. The number of nitrogens with two attached hydrogens (primary N) is 2. The number of aromatic nitrogens is 1. The van der Waals surface area contributed by atoms with Crippen molar-refractivity contribution in [3.8, 4) is 5.69 Å². The van der Waals surface area contributed by atoms with Gasteiger partial charge in [-0.2, -0.15) is 0 Å². The molecule has 1 amide bonds. The van der Waals surface area contributed by atoms with Crippen LogP contribution in [0.5, 0.6) is 0 Å². The molecular weight excluding hydrogens is 226 g/mol. The highest BCUT2D eigenvalue weighted by atomic mass is 16.1. The molecule has 1 heterocycles. The van der Waals surface area contributed by atoms with Gasteiger partial charge in [-0.3, -0.25) is 4.79 Å². The predicted molar refractivity (Wildman–Crippen MR) is 71.2 cm³/mol. The summed E-state index contributed by atoms with van der Waals surface area (Å²) in [6.07, 6.45) is 2.08. The van der Waals surface area contributed by atoms with Gasteiger partial charge in [0.25, 0.3) is 0 Å². The first-order chi connectivity index (χ1) is 8.58. The van der Waals surface area contributed by atoms with Crippen LogP contribution in [0.25, 0.3) is 5.69 Å². The summed E-state index contributed by atoms with van der Waals surface area (Å²) in [5, 5.41) is 0. The van der Waals surface area contributed by atoms with Crippen LogP contribution >= 0.6 is 0 Å². The quantitative estimate of drug-likeness (QED) is 0.857. The van der Waals surface area contributed by atoms with E-state index in [-0.39, 0.29) is 18.4 Å². The minimum absolute atomic E-state index is 0.149. The van der Waals surface area contributed by atoms with Crippen molar-refractivity contribution >= 4 is 5.91 Å². The average Bonchev–Trinajstić information content (AvgIpc) is 2.78. The number of benzene rings is 1. The molecule has 0 aliphatic rings. The van der Waals surface area contributed by atoms with Crippen LogP contribution in [0, 0.1) is 6.92 Å². The Hall–Kier alpha value is -2.07. The monoisotopic (exact) mass is 243 g/mol. The van der Waals surface area contributed by atoms with Crippen molar-refractivity contribution in [3.05, 3.63) is 53.9 Å². The summed E-state index contributed by atoms with van der Waals surface area (Å²) < 4.78 is 1.98. The second-order valence-corrected chi connectivity index (χ2v) is 4.42. The van der Waals surface area contributed by atoms with Gasteiger partial charge in [-0.05, 0) is 31.2 Å². The van der Waals surface area contributed by atoms with Gasteiger partial charge in [0.1, 0.15) is 0 Å². The van der Waals surface area contributed by atoms with Crippen molar-refractivity contribution in [2.45, 2.75) is 19.4 Å². The molecule has 1 aromatic carbocycles. The average molecular weight is 243 g/mol. The van der Waals surface area contributed by atoms with Crippen LogP contribution in [0.2, 0.25) is 0 Å². The SMILES string of the molecule is Cc1ccc(-n2cccc2C(N)CC(N)=O)cc1. The highest BCUT2D eigenvalue weighted by Crippen LogP contribution is 2.19. The van der Waals surface area contributed by atoms with Crippen LogP contribution < -0.4 is 11.5 Å². The van der Waals surface area contributed by atoms with Gasteiger partial charge in [-0.1, -0.05) is 17.7 Å². The normalized spacial score (nSPS) is 12.3. The van der Waals surface area contributed by atoms with E-state index in [0.29, 0.717) is 0 Å². The van der Waals surface area contributed by atoms with E-state index in [0.717, 1.165) is 11.4 Å². The molecule has 0 aliphatic heterocycles. The van der Waals surface area contributed by atoms with E-state index in [4.69, 9.17) is 11.5 Å². The third-order valence-corrected chi connectivity index (χ3v) is 2.89. The number of carbonyl (C=O) groups is 1. The molecule has 2 rings (SSSR count). The fraction of sp³-hybridized carbons (Fsp3) is 0.214. The van der Waals surface area contributed by atoms with E-state index in [1.54, 1.807) is 0 Å². The largest absolute Gasteiger partial charge is 0.370 e. The van der Waals surface area contributed by atoms with Gasteiger partial charge >= 0.3 is 0 Å². The molecule has 1 unspecified atom stereocenters. The molecule has 18 heavy (non-hydrogen) atoms. The second kappa shape index (κ2) is 5.06. The summed E-state index contributed by atoms with van der Waals surface area (Å²) >= 11 is 0. The van der Waals surface area contributed by atoms with Crippen molar-refractivity contribution in [2.24, 2.45) is 11.5 Å². The Kier molecular flexibility index (Phi) is 3.48. The lowest BCUT2D eigenvalue weighted by Gasteiger charge is -2.14. The summed E-state index contributed by atoms with van der Waals surface area (Å²) in [7, 11) is 0. The van der Waals surface area contributed by atoms with E-state index in [9.17, 15) is 4.79 Å². The molecule has 0 saturated carbocycles. The van der Waals surface area contributed by atoms with E-state index in [1.165, 1.54) is 5.56 Å². The molecule has 4 nitrogen and oxygen atoms in total. The molecule has 2 aromatic rings. The highest BCUT2D eigenvalue weighted by molar-refractivity contribution is 5.74. The zero-order valence-electron chi connectivity index (χ0n) is 10.3. The van der Waals surface area contributed by atoms with Crippen molar-refractivity contribution in [1.29, 1.82) is 0 Å². The minimum Gasteiger partial charge on any atom is -0.370 e. The maximum Gasteiger partial charge on any atom is 0.219 e. The summed E-state index contributed by atoms with van der Waals surface area (Å²) in [5.74, 6) is -0.390. The van der Waals surface area contributed by atoms with E-state index in [1.807, 2.05) is 54.1 Å². The lowest BCUT2D eigenvalue weighted by Crippen LogP contribution is -2.22. The molecule has 4 N–H and O–H groups in total. The number of amides is 1. The predicted octanol–water partition coefficient (Wildman–Crippen LogP) is 1.66. The Morgan fingerprint density at radius 2 is 1.94 bits per heavy atom. The molecular formula is C14H17N3O. The van der Waals surface area contributed by atoms with E-state index < -0.39 is 0 Å². The summed E-state index contributed by atoms with van der Waals surface area (Å²) in [6, 6.07) is 11.6. The van der Waals surface area contributed by atoms with Gasteiger partial charge < -0.3 is 16.0 Å². The Morgan fingerprint density at radius 1 is 1.28 bits per heavy atom. The molecule has 94 valence electrons. The second-order valence-electron chi connectivity index (χ2n) is 4.42. The molecule has 0 bridgehead atoms. The number of carbonyl (C=O) groups excluding carboxylic acids is 1. The number of rotatable bonds is 4. The lowest BCUT2D eigenvalue weighted by molar-refractivity contribution is -0.118. The maximum absolute atomic E-state index is 10.9.